The van der Waals surface area contributed by atoms with E-state index in [0.717, 1.165) is 70.7 Å². The van der Waals surface area contributed by atoms with E-state index in [9.17, 15) is 21.0 Å². The summed E-state index contributed by atoms with van der Waals surface area (Å²) < 4.78 is 22.4. The van der Waals surface area contributed by atoms with E-state index in [1.54, 1.807) is 34.8 Å². The molecule has 1 atom stereocenters. The Morgan fingerprint density at radius 3 is 1.47 bits per heavy atom. The van der Waals surface area contributed by atoms with Crippen LogP contribution < -0.4 is 0 Å². The van der Waals surface area contributed by atoms with Crippen molar-refractivity contribution < 1.29 is 0 Å². The van der Waals surface area contributed by atoms with E-state index in [0.29, 0.717) is 22.2 Å². The number of aryl methyl sites for hydroxylation is 3. The average Bonchev–Trinajstić information content (AvgIpc) is 1.50. The maximum atomic E-state index is 9.57. The van der Waals surface area contributed by atoms with Crippen molar-refractivity contribution in [3.8, 4) is 86.2 Å². The lowest BCUT2D eigenvalue weighted by Crippen LogP contribution is -2.30. The van der Waals surface area contributed by atoms with Crippen LogP contribution in [0.15, 0.2) is 205 Å². The maximum absolute atomic E-state index is 9.57. The summed E-state index contributed by atoms with van der Waals surface area (Å²) in [4.78, 5) is 8.08. The largest absolute Gasteiger partial charge is 0.192 e. The van der Waals surface area contributed by atoms with Crippen LogP contribution in [-0.4, -0.2) is 17.5 Å². The second-order valence-electron chi connectivity index (χ2n) is 23.9. The number of hydrogen-bond donors (Lipinski definition) is 0. The van der Waals surface area contributed by atoms with Gasteiger partial charge >= 0.3 is 0 Å². The van der Waals surface area contributed by atoms with Crippen LogP contribution in [0.5, 0.6) is 0 Å². The number of rotatable bonds is 12. The smallest absolute Gasteiger partial charge is 0.130 e. The van der Waals surface area contributed by atoms with Crippen LogP contribution in [0.4, 0.5) is 0 Å². The molecule has 16 rings (SSSR count). The maximum Gasteiger partial charge on any atom is 0.130 e. The topological polar surface area (TPSA) is 147 Å². The van der Waals surface area contributed by atoms with Gasteiger partial charge in [0, 0.05) is 71.4 Å². The van der Waals surface area contributed by atoms with Gasteiger partial charge in [0.05, 0.1) is 39.0 Å². The minimum Gasteiger partial charge on any atom is -0.192 e. The second kappa shape index (κ2) is 22.9. The molecule has 7 aromatic heterocycles. The van der Waals surface area contributed by atoms with Crippen LogP contribution in [0.1, 0.15) is 80.6 Å². The lowest BCUT2D eigenvalue weighted by Gasteiger charge is -2.36. The van der Waals surface area contributed by atoms with Crippen molar-refractivity contribution in [2.24, 2.45) is 0 Å². The number of thiophene rings is 5. The van der Waals surface area contributed by atoms with Gasteiger partial charge in [0.2, 0.25) is 0 Å². The number of allylic oxidation sites excluding steroid dienone is 7. The first kappa shape index (κ1) is 58.9. The van der Waals surface area contributed by atoms with E-state index in [1.165, 1.54) is 112 Å². The van der Waals surface area contributed by atoms with Gasteiger partial charge in [0.15, 0.2) is 0 Å². The van der Waals surface area contributed by atoms with Gasteiger partial charge in [-0.1, -0.05) is 150 Å². The second-order valence-corrected chi connectivity index (χ2v) is 30.3. The predicted octanol–water partition coefficient (Wildman–Crippen LogP) is 22.5. The Labute approximate surface area is 570 Å². The minimum absolute atomic E-state index is 0.0172. The van der Waals surface area contributed by atoms with Crippen molar-refractivity contribution in [1.82, 2.24) is 17.5 Å². The number of nitriles is 4. The summed E-state index contributed by atoms with van der Waals surface area (Å²) in [7, 11) is 0. The molecule has 1 unspecified atom stereocenters. The summed E-state index contributed by atoms with van der Waals surface area (Å²) in [5, 5.41) is 39.4. The van der Waals surface area contributed by atoms with Gasteiger partial charge in [-0.2, -0.15) is 38.5 Å². The Bertz CT molecular complexity index is 5800. The fraction of sp³-hybridized carbons (Fsp3) is 0.0886. The van der Waals surface area contributed by atoms with Gasteiger partial charge < -0.3 is 0 Å². The van der Waals surface area contributed by atoms with Crippen molar-refractivity contribution in [3.05, 3.63) is 272 Å². The summed E-state index contributed by atoms with van der Waals surface area (Å²) in [5.41, 5.74) is 23.1. The van der Waals surface area contributed by atoms with E-state index < -0.39 is 10.8 Å². The highest BCUT2D eigenvalue weighted by atomic mass is 32.1. The van der Waals surface area contributed by atoms with Crippen molar-refractivity contribution >= 4 is 134 Å². The average molecular weight is 1330 g/mol. The molecule has 0 saturated heterocycles. The van der Waals surface area contributed by atoms with Gasteiger partial charge in [0.25, 0.3) is 0 Å². The standard InChI is InChI=1S/C79H48N8S7/c1-7-42(2)8-15-46(6)78(52-18-9-43(3)10-19-52)60-35-59-61(34-58(60)57-32-51-33-68(90-67(51)36-62(57)78)65-28-26-63(88-65)55-24-16-49(30-47(38-80)39-81)72-74(55)86-93-84-72)79(53-20-11-44(4)12-21-53,54-22-13-45(5)14-23-54)71-76(59)92-70-37-69(91-77(70)71)66-29-27-64(89-66)56-25-17-50(31-48(40-82)41-83)73-75(56)87-94-85-73/h7-37H,1H2,2-6H3/b42-8-,46-15+. The molecule has 0 amide bonds. The van der Waals surface area contributed by atoms with Gasteiger partial charge in [-0.25, -0.2) is 0 Å². The molecule has 0 N–H and O–H groups in total. The van der Waals surface area contributed by atoms with Crippen LogP contribution in [0.3, 0.4) is 0 Å². The van der Waals surface area contributed by atoms with Crippen molar-refractivity contribution in [1.29, 1.82) is 21.0 Å². The first-order valence-corrected chi connectivity index (χ1v) is 35.7. The van der Waals surface area contributed by atoms with Crippen LogP contribution in [0.25, 0.3) is 116 Å². The van der Waals surface area contributed by atoms with Gasteiger partial charge in [-0.05, 0) is 163 Å². The monoisotopic (exact) mass is 1330 g/mol. The minimum atomic E-state index is -0.716. The van der Waals surface area contributed by atoms with Crippen LogP contribution >= 0.6 is 80.1 Å². The van der Waals surface area contributed by atoms with Crippen molar-refractivity contribution in [3.63, 3.8) is 0 Å². The molecular weight excluding hydrogens is 1290 g/mol. The van der Waals surface area contributed by atoms with E-state index >= 15 is 0 Å². The summed E-state index contributed by atoms with van der Waals surface area (Å²) in [5.74, 6) is 0. The molecule has 94 heavy (non-hydrogen) atoms. The van der Waals surface area contributed by atoms with E-state index in [2.05, 4.69) is 196 Å². The first-order valence-electron chi connectivity index (χ1n) is 30.1. The quantitative estimate of drug-likeness (QED) is 0.0868. The molecule has 14 aromatic rings. The molecule has 446 valence electrons. The first-order chi connectivity index (χ1) is 45.8. The molecule has 0 aliphatic heterocycles. The van der Waals surface area contributed by atoms with E-state index in [-0.39, 0.29) is 11.1 Å². The van der Waals surface area contributed by atoms with Crippen LogP contribution in [0, 0.1) is 66.1 Å². The zero-order chi connectivity index (χ0) is 64.3. The molecule has 8 nitrogen and oxygen atoms in total. The zero-order valence-electron chi connectivity index (χ0n) is 51.0. The number of benzene rings is 7. The summed E-state index contributed by atoms with van der Waals surface area (Å²) >= 11 is 11.3. The van der Waals surface area contributed by atoms with Crippen LogP contribution in [-0.2, 0) is 10.8 Å². The number of fused-ring (bicyclic) bond motifs is 11. The third-order valence-corrected chi connectivity index (χ3v) is 25.7. The Morgan fingerprint density at radius 1 is 0.436 bits per heavy atom. The molecule has 0 spiro atoms. The fourth-order valence-electron chi connectivity index (χ4n) is 13.9. The molecule has 7 heterocycles. The normalized spacial score (nSPS) is 14.5. The van der Waals surface area contributed by atoms with E-state index in [4.69, 9.17) is 8.75 Å². The fourth-order valence-corrected chi connectivity index (χ4v) is 21.2. The molecule has 2 aliphatic carbocycles. The molecule has 2 aliphatic rings. The number of nitrogens with zero attached hydrogens (tertiary/aromatic N) is 8. The van der Waals surface area contributed by atoms with Gasteiger partial charge in [-0.3, -0.25) is 0 Å². The van der Waals surface area contributed by atoms with Gasteiger partial charge in [-0.15, -0.1) is 56.7 Å². The zero-order valence-corrected chi connectivity index (χ0v) is 56.8. The molecular formula is C79H48N8S7. The van der Waals surface area contributed by atoms with Crippen LogP contribution in [0.2, 0.25) is 0 Å². The molecule has 0 fully saturated rings. The number of aromatic nitrogens is 4. The highest BCUT2D eigenvalue weighted by molar-refractivity contribution is 7.33. The number of hydrogen-bond acceptors (Lipinski definition) is 15. The van der Waals surface area contributed by atoms with Crippen molar-refractivity contribution in [2.45, 2.75) is 45.4 Å². The lowest BCUT2D eigenvalue weighted by atomic mass is 9.65. The van der Waals surface area contributed by atoms with E-state index in [1.807, 2.05) is 88.6 Å². The third kappa shape index (κ3) is 9.07. The molecule has 0 saturated carbocycles. The van der Waals surface area contributed by atoms with Crippen molar-refractivity contribution in [2.75, 3.05) is 0 Å². The molecule has 0 bridgehead atoms. The molecule has 0 radical (unpaired) electrons. The third-order valence-electron chi connectivity index (χ3n) is 18.5. The lowest BCUT2D eigenvalue weighted by molar-refractivity contribution is 0.744. The SMILES string of the molecule is C=C/C(C)=C\C=C(/C)C1(c2ccc(C)cc2)c2cc3c(cc2-c2cc4cc(-c5ccc(-c6ccc(C=C(C#N)C#N)c7nsnc67)s5)sc4cc21)C(c1ccc(C)cc1)(c1ccc(C)cc1)c1c-3sc2cc(-c3ccc(-c4ccc(C=C(C#N)C#N)c5nsnc45)s3)sc12. The Morgan fingerprint density at radius 2 is 0.926 bits per heavy atom. The van der Waals surface area contributed by atoms with Gasteiger partial charge in [0.1, 0.15) is 57.5 Å². The highest BCUT2D eigenvalue weighted by Gasteiger charge is 2.53. The Hall–Kier alpha value is -10.1. The summed E-state index contributed by atoms with van der Waals surface area (Å²) in [6.45, 7) is 15.1. The summed E-state index contributed by atoms with van der Waals surface area (Å²) in [6, 6.07) is 67.3. The Kier molecular flexibility index (Phi) is 14.3. The highest BCUT2D eigenvalue weighted by Crippen LogP contribution is 2.67. The Balaban J connectivity index is 0.908. The summed E-state index contributed by atoms with van der Waals surface area (Å²) in [6.07, 6.45) is 9.62. The molecule has 15 heteroatoms. The predicted molar refractivity (Wildman–Crippen MR) is 394 cm³/mol. The molecule has 7 aromatic carbocycles.